The van der Waals surface area contributed by atoms with Gasteiger partial charge in [0.1, 0.15) is 5.82 Å². The number of nitrogens with zero attached hydrogens (tertiary/aromatic N) is 2. The second kappa shape index (κ2) is 6.90. The molecule has 1 aliphatic heterocycles. The monoisotopic (exact) mass is 281 g/mol. The molecular weight excluding hydrogens is 261 g/mol. The van der Waals surface area contributed by atoms with Crippen LogP contribution in [-0.2, 0) is 11.3 Å². The first-order chi connectivity index (χ1) is 9.56. The van der Waals surface area contributed by atoms with Gasteiger partial charge in [0.05, 0.1) is 25.3 Å². The molecule has 0 radical (unpaired) electrons. The van der Waals surface area contributed by atoms with Gasteiger partial charge < -0.3 is 4.74 Å². The number of carbonyl (C=O) groups is 1. The molecule has 1 aliphatic rings. The van der Waals surface area contributed by atoms with E-state index in [1.54, 1.807) is 19.2 Å². The summed E-state index contributed by atoms with van der Waals surface area (Å²) in [5.74, 6) is 4.63. The minimum atomic E-state index is -0.498. The Labute approximate surface area is 118 Å². The third kappa shape index (κ3) is 4.08. The SMILES string of the molecule is CN(N)CC(=O)c1cc(CN2CCOCC2)ccc1F. The van der Waals surface area contributed by atoms with Crippen LogP contribution in [0.3, 0.4) is 0 Å². The zero-order valence-corrected chi connectivity index (χ0v) is 11.6. The van der Waals surface area contributed by atoms with E-state index in [1.165, 1.54) is 11.1 Å². The summed E-state index contributed by atoms with van der Waals surface area (Å²) in [4.78, 5) is 14.1. The Morgan fingerprint density at radius 1 is 1.45 bits per heavy atom. The fraction of sp³-hybridized carbons (Fsp3) is 0.500. The molecule has 1 saturated heterocycles. The van der Waals surface area contributed by atoms with Gasteiger partial charge in [0, 0.05) is 26.7 Å². The average molecular weight is 281 g/mol. The predicted molar refractivity (Wildman–Crippen MR) is 73.6 cm³/mol. The first-order valence-electron chi connectivity index (χ1n) is 6.64. The second-order valence-electron chi connectivity index (χ2n) is 5.04. The van der Waals surface area contributed by atoms with Gasteiger partial charge in [-0.15, -0.1) is 0 Å². The number of carbonyl (C=O) groups excluding carboxylic acids is 1. The number of nitrogens with two attached hydrogens (primary N) is 1. The fourth-order valence-electron chi connectivity index (χ4n) is 2.21. The highest BCUT2D eigenvalue weighted by Gasteiger charge is 2.16. The molecule has 0 spiro atoms. The Bertz CT molecular complexity index is 473. The number of ether oxygens (including phenoxy) is 1. The van der Waals surface area contributed by atoms with Gasteiger partial charge in [-0.2, -0.15) is 0 Å². The molecule has 1 aromatic carbocycles. The van der Waals surface area contributed by atoms with Gasteiger partial charge in [-0.1, -0.05) is 6.07 Å². The minimum Gasteiger partial charge on any atom is -0.379 e. The largest absolute Gasteiger partial charge is 0.379 e. The smallest absolute Gasteiger partial charge is 0.181 e. The van der Waals surface area contributed by atoms with E-state index in [9.17, 15) is 9.18 Å². The number of Topliss-reactive ketones (excluding diaryl/α,β-unsaturated/α-hetero) is 1. The molecule has 0 amide bonds. The number of hydrazine groups is 1. The highest BCUT2D eigenvalue weighted by atomic mass is 19.1. The molecule has 110 valence electrons. The summed E-state index contributed by atoms with van der Waals surface area (Å²) in [6.07, 6.45) is 0. The van der Waals surface area contributed by atoms with Crippen molar-refractivity contribution in [2.45, 2.75) is 6.54 Å². The summed E-state index contributed by atoms with van der Waals surface area (Å²) in [7, 11) is 1.58. The number of hydrogen-bond donors (Lipinski definition) is 1. The molecule has 0 saturated carbocycles. The van der Waals surface area contributed by atoms with E-state index in [0.717, 1.165) is 18.7 Å². The van der Waals surface area contributed by atoms with Crippen LogP contribution in [0.2, 0.25) is 0 Å². The molecule has 20 heavy (non-hydrogen) atoms. The molecule has 0 unspecified atom stereocenters. The van der Waals surface area contributed by atoms with Gasteiger partial charge in [0.15, 0.2) is 5.78 Å². The molecule has 0 aliphatic carbocycles. The van der Waals surface area contributed by atoms with Crippen molar-refractivity contribution in [3.63, 3.8) is 0 Å². The quantitative estimate of drug-likeness (QED) is 0.488. The van der Waals surface area contributed by atoms with Crippen molar-refractivity contribution >= 4 is 5.78 Å². The average Bonchev–Trinajstić information content (AvgIpc) is 2.41. The molecule has 0 aromatic heterocycles. The van der Waals surface area contributed by atoms with E-state index in [1.807, 2.05) is 0 Å². The lowest BCUT2D eigenvalue weighted by atomic mass is 10.1. The van der Waals surface area contributed by atoms with Gasteiger partial charge in [-0.25, -0.2) is 9.40 Å². The number of ketones is 1. The Balaban J connectivity index is 2.09. The van der Waals surface area contributed by atoms with Crippen LogP contribution in [0.15, 0.2) is 18.2 Å². The maximum atomic E-state index is 13.7. The van der Waals surface area contributed by atoms with Crippen molar-refractivity contribution < 1.29 is 13.9 Å². The van der Waals surface area contributed by atoms with Gasteiger partial charge in [-0.05, 0) is 17.7 Å². The number of rotatable bonds is 5. The van der Waals surface area contributed by atoms with E-state index < -0.39 is 5.82 Å². The molecule has 0 bridgehead atoms. The molecule has 1 heterocycles. The molecule has 1 aromatic rings. The van der Waals surface area contributed by atoms with Crippen LogP contribution < -0.4 is 5.84 Å². The lowest BCUT2D eigenvalue weighted by Crippen LogP contribution is -2.35. The lowest BCUT2D eigenvalue weighted by molar-refractivity contribution is 0.0341. The third-order valence-corrected chi connectivity index (χ3v) is 3.23. The molecule has 0 atom stereocenters. The Morgan fingerprint density at radius 3 is 2.80 bits per heavy atom. The van der Waals surface area contributed by atoms with E-state index in [4.69, 9.17) is 10.6 Å². The first kappa shape index (κ1) is 15.1. The molecular formula is C14H20FN3O2. The number of morpholine rings is 1. The van der Waals surface area contributed by atoms with Crippen LogP contribution >= 0.6 is 0 Å². The predicted octanol–water partition coefficient (Wildman–Crippen LogP) is 0.646. The molecule has 2 rings (SSSR count). The van der Waals surface area contributed by atoms with Crippen molar-refractivity contribution in [3.05, 3.63) is 35.1 Å². The zero-order chi connectivity index (χ0) is 14.5. The summed E-state index contributed by atoms with van der Waals surface area (Å²) in [5, 5.41) is 1.25. The first-order valence-corrected chi connectivity index (χ1v) is 6.64. The van der Waals surface area contributed by atoms with Gasteiger partial charge in [-0.3, -0.25) is 15.5 Å². The van der Waals surface area contributed by atoms with Crippen LogP contribution in [0.1, 0.15) is 15.9 Å². The normalized spacial score (nSPS) is 16.6. The maximum absolute atomic E-state index is 13.7. The van der Waals surface area contributed by atoms with Crippen molar-refractivity contribution in [1.29, 1.82) is 0 Å². The van der Waals surface area contributed by atoms with E-state index in [2.05, 4.69) is 4.90 Å². The third-order valence-electron chi connectivity index (χ3n) is 3.23. The highest BCUT2D eigenvalue weighted by Crippen LogP contribution is 2.14. The van der Waals surface area contributed by atoms with Crippen molar-refractivity contribution in [3.8, 4) is 0 Å². The summed E-state index contributed by atoms with van der Waals surface area (Å²) in [6.45, 7) is 3.83. The Morgan fingerprint density at radius 2 is 2.15 bits per heavy atom. The number of benzene rings is 1. The van der Waals surface area contributed by atoms with Crippen LogP contribution in [0, 0.1) is 5.82 Å². The van der Waals surface area contributed by atoms with Crippen LogP contribution in [0.4, 0.5) is 4.39 Å². The fourth-order valence-corrected chi connectivity index (χ4v) is 2.21. The van der Waals surface area contributed by atoms with E-state index in [0.29, 0.717) is 19.8 Å². The van der Waals surface area contributed by atoms with Crippen LogP contribution in [0.5, 0.6) is 0 Å². The molecule has 6 heteroatoms. The Hall–Kier alpha value is -1.34. The summed E-state index contributed by atoms with van der Waals surface area (Å²) < 4.78 is 19.0. The standard InChI is InChI=1S/C14H20FN3O2/c1-17(16)10-14(19)12-8-11(2-3-13(12)15)9-18-4-6-20-7-5-18/h2-3,8H,4-7,9-10,16H2,1H3. The van der Waals surface area contributed by atoms with Crippen LogP contribution in [0.25, 0.3) is 0 Å². The number of likely N-dealkylation sites (N-methyl/N-ethyl adjacent to an activating group) is 1. The minimum absolute atomic E-state index is 0.00206. The van der Waals surface area contributed by atoms with Gasteiger partial charge in [0.2, 0.25) is 0 Å². The Kier molecular flexibility index (Phi) is 5.19. The summed E-state index contributed by atoms with van der Waals surface area (Å²) >= 11 is 0. The van der Waals surface area contributed by atoms with Gasteiger partial charge >= 0.3 is 0 Å². The second-order valence-corrected chi connectivity index (χ2v) is 5.04. The summed E-state index contributed by atoms with van der Waals surface area (Å²) in [5.41, 5.74) is 1.03. The van der Waals surface area contributed by atoms with Crippen LogP contribution in [-0.4, -0.2) is 55.6 Å². The molecule has 1 fully saturated rings. The highest BCUT2D eigenvalue weighted by molar-refractivity contribution is 5.97. The lowest BCUT2D eigenvalue weighted by Gasteiger charge is -2.26. The van der Waals surface area contributed by atoms with E-state index >= 15 is 0 Å². The van der Waals surface area contributed by atoms with Crippen molar-refractivity contribution in [2.75, 3.05) is 39.9 Å². The molecule has 5 nitrogen and oxygen atoms in total. The maximum Gasteiger partial charge on any atom is 0.181 e. The number of hydrogen-bond acceptors (Lipinski definition) is 5. The van der Waals surface area contributed by atoms with Gasteiger partial charge in [0.25, 0.3) is 0 Å². The van der Waals surface area contributed by atoms with Crippen molar-refractivity contribution in [1.82, 2.24) is 9.91 Å². The summed E-state index contributed by atoms with van der Waals surface area (Å²) in [6, 6.07) is 4.68. The molecule has 2 N–H and O–H groups in total. The van der Waals surface area contributed by atoms with E-state index in [-0.39, 0.29) is 17.9 Å². The zero-order valence-electron chi connectivity index (χ0n) is 11.6. The topological polar surface area (TPSA) is 58.8 Å². The number of halogens is 1. The van der Waals surface area contributed by atoms with Crippen molar-refractivity contribution in [2.24, 2.45) is 5.84 Å².